The summed E-state index contributed by atoms with van der Waals surface area (Å²) in [5.74, 6) is 2.61. The Hall–Kier alpha value is -1.81. The number of rotatable bonds is 7. The average Bonchev–Trinajstić information content (AvgIpc) is 2.47. The molecule has 2 N–H and O–H groups in total. The van der Waals surface area contributed by atoms with Gasteiger partial charge in [-0.1, -0.05) is 12.1 Å². The van der Waals surface area contributed by atoms with Crippen LogP contribution in [0.4, 0.5) is 5.69 Å². The molecule has 112 valence electrons. The van der Waals surface area contributed by atoms with Gasteiger partial charge in [-0.25, -0.2) is 0 Å². The summed E-state index contributed by atoms with van der Waals surface area (Å²) in [6.45, 7) is 5.33. The Balaban J connectivity index is 1.84. The molecular formula is C17H21NO2S. The normalized spacial score (nSPS) is 10.4. The van der Waals surface area contributed by atoms with Crippen LogP contribution in [0.1, 0.15) is 12.5 Å². The average molecular weight is 303 g/mol. The van der Waals surface area contributed by atoms with Crippen molar-refractivity contribution >= 4 is 17.4 Å². The lowest BCUT2D eigenvalue weighted by molar-refractivity contribution is 0.339. The fourth-order valence-corrected chi connectivity index (χ4v) is 2.73. The van der Waals surface area contributed by atoms with Gasteiger partial charge in [-0.05, 0) is 49.7 Å². The van der Waals surface area contributed by atoms with Crippen LogP contribution in [-0.2, 0) is 0 Å². The molecule has 0 amide bonds. The monoisotopic (exact) mass is 303 g/mol. The number of hydrogen-bond acceptors (Lipinski definition) is 4. The smallest absolute Gasteiger partial charge is 0.120 e. The van der Waals surface area contributed by atoms with Gasteiger partial charge in [-0.15, -0.1) is 11.8 Å². The van der Waals surface area contributed by atoms with E-state index in [2.05, 4.69) is 13.0 Å². The molecule has 4 heteroatoms. The van der Waals surface area contributed by atoms with Crippen molar-refractivity contribution in [2.45, 2.75) is 18.7 Å². The topological polar surface area (TPSA) is 44.5 Å². The molecule has 0 unspecified atom stereocenters. The first kappa shape index (κ1) is 15.6. The molecule has 21 heavy (non-hydrogen) atoms. The van der Waals surface area contributed by atoms with Crippen molar-refractivity contribution in [2.75, 3.05) is 24.7 Å². The van der Waals surface area contributed by atoms with Crippen molar-refractivity contribution in [2.24, 2.45) is 0 Å². The minimum absolute atomic E-state index is 0.645. The van der Waals surface area contributed by atoms with Crippen LogP contribution in [-0.4, -0.2) is 19.0 Å². The lowest BCUT2D eigenvalue weighted by atomic mass is 10.2. The minimum Gasteiger partial charge on any atom is -0.494 e. The van der Waals surface area contributed by atoms with Gasteiger partial charge >= 0.3 is 0 Å². The van der Waals surface area contributed by atoms with Crippen molar-refractivity contribution in [3.63, 3.8) is 0 Å². The minimum atomic E-state index is 0.645. The molecule has 2 aromatic rings. The van der Waals surface area contributed by atoms with E-state index < -0.39 is 0 Å². The highest BCUT2D eigenvalue weighted by atomic mass is 32.2. The molecule has 0 bridgehead atoms. The number of aryl methyl sites for hydroxylation is 1. The van der Waals surface area contributed by atoms with Gasteiger partial charge < -0.3 is 15.2 Å². The van der Waals surface area contributed by atoms with E-state index in [-0.39, 0.29) is 0 Å². The van der Waals surface area contributed by atoms with Crippen LogP contribution < -0.4 is 15.2 Å². The molecule has 0 heterocycles. The Morgan fingerprint density at radius 2 is 1.86 bits per heavy atom. The molecule has 0 aliphatic rings. The maximum absolute atomic E-state index is 5.98. The third-order valence-corrected chi connectivity index (χ3v) is 3.93. The quantitative estimate of drug-likeness (QED) is 0.474. The van der Waals surface area contributed by atoms with Gasteiger partial charge in [0.15, 0.2) is 0 Å². The Bertz CT molecular complexity index is 587. The highest BCUT2D eigenvalue weighted by Gasteiger charge is 2.03. The standard InChI is InChI=1S/C17H21NO2S/c1-3-19-15-7-8-16(18)17(12-15)21-10-9-20-14-6-4-5-13(2)11-14/h4-8,11-12H,3,9-10,18H2,1-2H3. The summed E-state index contributed by atoms with van der Waals surface area (Å²) in [4.78, 5) is 1.04. The molecule has 0 aromatic heterocycles. The van der Waals surface area contributed by atoms with E-state index in [9.17, 15) is 0 Å². The SMILES string of the molecule is CCOc1ccc(N)c(SCCOc2cccc(C)c2)c1. The second kappa shape index (κ2) is 7.84. The number of nitrogen functional groups attached to an aromatic ring is 1. The summed E-state index contributed by atoms with van der Waals surface area (Å²) in [6, 6.07) is 13.8. The molecule has 0 aliphatic heterocycles. The highest BCUT2D eigenvalue weighted by Crippen LogP contribution is 2.29. The first-order chi connectivity index (χ1) is 10.2. The molecule has 2 aromatic carbocycles. The van der Waals surface area contributed by atoms with Gasteiger partial charge in [0, 0.05) is 16.3 Å². The lowest BCUT2D eigenvalue weighted by Gasteiger charge is -2.10. The molecule has 0 saturated heterocycles. The largest absolute Gasteiger partial charge is 0.494 e. The zero-order valence-electron chi connectivity index (χ0n) is 12.5. The van der Waals surface area contributed by atoms with E-state index >= 15 is 0 Å². The number of benzene rings is 2. The van der Waals surface area contributed by atoms with Crippen LogP contribution in [0.2, 0.25) is 0 Å². The van der Waals surface area contributed by atoms with Crippen molar-refractivity contribution in [3.05, 3.63) is 48.0 Å². The molecule has 3 nitrogen and oxygen atoms in total. The summed E-state index contributed by atoms with van der Waals surface area (Å²) >= 11 is 1.68. The number of ether oxygens (including phenoxy) is 2. The van der Waals surface area contributed by atoms with Crippen molar-refractivity contribution < 1.29 is 9.47 Å². The van der Waals surface area contributed by atoms with E-state index in [0.29, 0.717) is 13.2 Å². The van der Waals surface area contributed by atoms with E-state index in [0.717, 1.165) is 27.8 Å². The number of thioether (sulfide) groups is 1. The van der Waals surface area contributed by atoms with Gasteiger partial charge in [0.05, 0.1) is 13.2 Å². The maximum Gasteiger partial charge on any atom is 0.120 e. The molecule has 0 fully saturated rings. The summed E-state index contributed by atoms with van der Waals surface area (Å²) < 4.78 is 11.2. The fraction of sp³-hybridized carbons (Fsp3) is 0.294. The third-order valence-electron chi connectivity index (χ3n) is 2.90. The molecule has 0 spiro atoms. The van der Waals surface area contributed by atoms with Crippen LogP contribution in [0.5, 0.6) is 11.5 Å². The molecule has 0 atom stereocenters. The van der Waals surface area contributed by atoms with Gasteiger partial charge in [-0.2, -0.15) is 0 Å². The second-order valence-electron chi connectivity index (χ2n) is 4.65. The highest BCUT2D eigenvalue weighted by molar-refractivity contribution is 7.99. The first-order valence-corrected chi connectivity index (χ1v) is 8.02. The predicted octanol–water partition coefficient (Wildman–Crippen LogP) is 4.15. The summed E-state index contributed by atoms with van der Waals surface area (Å²) in [5, 5.41) is 0. The van der Waals surface area contributed by atoms with Gasteiger partial charge in [0.1, 0.15) is 11.5 Å². The predicted molar refractivity (Wildman–Crippen MR) is 89.4 cm³/mol. The zero-order chi connectivity index (χ0) is 15.1. The fourth-order valence-electron chi connectivity index (χ4n) is 1.91. The Labute approximate surface area is 130 Å². The molecule has 0 aliphatic carbocycles. The first-order valence-electron chi connectivity index (χ1n) is 7.03. The van der Waals surface area contributed by atoms with E-state index in [1.165, 1.54) is 5.56 Å². The number of hydrogen-bond donors (Lipinski definition) is 1. The third kappa shape index (κ3) is 4.90. The van der Waals surface area contributed by atoms with Crippen molar-refractivity contribution in [1.82, 2.24) is 0 Å². The van der Waals surface area contributed by atoms with Crippen molar-refractivity contribution in [1.29, 1.82) is 0 Å². The lowest BCUT2D eigenvalue weighted by Crippen LogP contribution is -2.01. The molecule has 0 radical (unpaired) electrons. The molecule has 2 rings (SSSR count). The van der Waals surface area contributed by atoms with E-state index in [1.807, 2.05) is 43.3 Å². The number of nitrogens with two attached hydrogens (primary N) is 1. The van der Waals surface area contributed by atoms with Crippen LogP contribution in [0.25, 0.3) is 0 Å². The Kier molecular flexibility index (Phi) is 5.81. The Morgan fingerprint density at radius 1 is 1.05 bits per heavy atom. The number of anilines is 1. The van der Waals surface area contributed by atoms with E-state index in [1.54, 1.807) is 11.8 Å². The maximum atomic E-state index is 5.98. The molecule has 0 saturated carbocycles. The van der Waals surface area contributed by atoms with Gasteiger partial charge in [0.2, 0.25) is 0 Å². The van der Waals surface area contributed by atoms with Gasteiger partial charge in [-0.3, -0.25) is 0 Å². The molecular weight excluding hydrogens is 282 g/mol. The van der Waals surface area contributed by atoms with Crippen LogP contribution in [0.15, 0.2) is 47.4 Å². The van der Waals surface area contributed by atoms with E-state index in [4.69, 9.17) is 15.2 Å². The Morgan fingerprint density at radius 3 is 2.62 bits per heavy atom. The van der Waals surface area contributed by atoms with Crippen LogP contribution in [0.3, 0.4) is 0 Å². The summed E-state index contributed by atoms with van der Waals surface area (Å²) in [6.07, 6.45) is 0. The summed E-state index contributed by atoms with van der Waals surface area (Å²) in [7, 11) is 0. The van der Waals surface area contributed by atoms with Gasteiger partial charge in [0.25, 0.3) is 0 Å². The zero-order valence-corrected chi connectivity index (χ0v) is 13.3. The van der Waals surface area contributed by atoms with Crippen LogP contribution >= 0.6 is 11.8 Å². The van der Waals surface area contributed by atoms with Crippen molar-refractivity contribution in [3.8, 4) is 11.5 Å². The second-order valence-corrected chi connectivity index (χ2v) is 5.78. The summed E-state index contributed by atoms with van der Waals surface area (Å²) in [5.41, 5.74) is 7.96. The van der Waals surface area contributed by atoms with Crippen LogP contribution in [0, 0.1) is 6.92 Å².